The molecule has 0 spiro atoms. The van der Waals surface area contributed by atoms with Crippen molar-refractivity contribution >= 4 is 39.8 Å². The minimum Gasteiger partial charge on any atom is -0.462 e. The number of rotatable bonds is 6. The fourth-order valence-corrected chi connectivity index (χ4v) is 4.73. The minimum absolute atomic E-state index is 0.120. The number of thiophene rings is 1. The Balaban J connectivity index is 1.80. The van der Waals surface area contributed by atoms with Crippen molar-refractivity contribution < 1.29 is 24.0 Å². The van der Waals surface area contributed by atoms with Crippen LogP contribution in [0.1, 0.15) is 31.1 Å². The Morgan fingerprint density at radius 2 is 1.90 bits per heavy atom. The summed E-state index contributed by atoms with van der Waals surface area (Å²) in [6.07, 6.45) is 0.241. The van der Waals surface area contributed by atoms with Crippen molar-refractivity contribution in [2.75, 3.05) is 31.6 Å². The van der Waals surface area contributed by atoms with Gasteiger partial charge in [-0.25, -0.2) is 4.79 Å². The van der Waals surface area contributed by atoms with Crippen LogP contribution >= 0.6 is 22.9 Å². The number of benzene rings is 1. The first-order valence-corrected chi connectivity index (χ1v) is 11.0. The molecule has 1 fully saturated rings. The molecule has 1 amide bonds. The summed E-state index contributed by atoms with van der Waals surface area (Å²) >= 11 is 7.30. The van der Waals surface area contributed by atoms with Crippen molar-refractivity contribution in [1.82, 2.24) is 0 Å². The van der Waals surface area contributed by atoms with Gasteiger partial charge in [0.05, 0.1) is 6.61 Å². The first-order chi connectivity index (χ1) is 13.9. The summed E-state index contributed by atoms with van der Waals surface area (Å²) in [5.41, 5.74) is 1.95. The molecule has 2 unspecified atom stereocenters. The van der Waals surface area contributed by atoms with E-state index >= 15 is 0 Å². The van der Waals surface area contributed by atoms with Crippen LogP contribution in [0.2, 0.25) is 5.02 Å². The zero-order valence-corrected chi connectivity index (χ0v) is 18.4. The van der Waals surface area contributed by atoms with Crippen LogP contribution < -0.4 is 10.2 Å². The number of amides is 1. The molecule has 0 aliphatic carbocycles. The number of ether oxygens (including phenoxy) is 2. The van der Waals surface area contributed by atoms with Crippen molar-refractivity contribution in [2.24, 2.45) is 0 Å². The van der Waals surface area contributed by atoms with Crippen LogP contribution in [0.3, 0.4) is 0 Å². The molecule has 2 N–H and O–H groups in total. The van der Waals surface area contributed by atoms with E-state index in [4.69, 9.17) is 21.1 Å². The van der Waals surface area contributed by atoms with E-state index in [0.29, 0.717) is 22.1 Å². The third-order valence-electron chi connectivity index (χ3n) is 4.71. The van der Waals surface area contributed by atoms with Crippen molar-refractivity contribution in [2.45, 2.75) is 33.0 Å². The quantitative estimate of drug-likeness (QED) is 0.682. The van der Waals surface area contributed by atoms with Crippen molar-refractivity contribution in [3.8, 4) is 11.1 Å². The number of esters is 1. The first kappa shape index (κ1) is 21.8. The number of anilines is 1. The molecule has 1 saturated heterocycles. The van der Waals surface area contributed by atoms with Gasteiger partial charge >= 0.3 is 5.97 Å². The van der Waals surface area contributed by atoms with Gasteiger partial charge in [-0.05, 0) is 38.5 Å². The average molecular weight is 438 g/mol. The van der Waals surface area contributed by atoms with Crippen molar-refractivity contribution in [1.29, 1.82) is 0 Å². The summed E-state index contributed by atoms with van der Waals surface area (Å²) in [4.78, 5) is 26.5. The Labute approximate surface area is 179 Å². The van der Waals surface area contributed by atoms with Gasteiger partial charge in [0.15, 0.2) is 6.54 Å². The lowest BCUT2D eigenvalue weighted by atomic mass is 10.0. The van der Waals surface area contributed by atoms with Gasteiger partial charge < -0.3 is 19.7 Å². The van der Waals surface area contributed by atoms with Gasteiger partial charge in [-0.15, -0.1) is 11.3 Å². The maximum absolute atomic E-state index is 12.7. The van der Waals surface area contributed by atoms with Gasteiger partial charge in [-0.3, -0.25) is 4.79 Å². The van der Waals surface area contributed by atoms with Gasteiger partial charge in [0.2, 0.25) is 0 Å². The Morgan fingerprint density at radius 1 is 1.24 bits per heavy atom. The normalized spacial score (nSPS) is 21.6. The zero-order valence-electron chi connectivity index (χ0n) is 16.8. The van der Waals surface area contributed by atoms with Gasteiger partial charge in [-0.2, -0.15) is 0 Å². The van der Waals surface area contributed by atoms with Crippen LogP contribution in [0.4, 0.5) is 5.00 Å². The van der Waals surface area contributed by atoms with E-state index in [-0.39, 0.29) is 24.7 Å². The number of hydrogen-bond donors (Lipinski definition) is 2. The van der Waals surface area contributed by atoms with E-state index in [2.05, 4.69) is 5.32 Å². The lowest BCUT2D eigenvalue weighted by Crippen LogP contribution is -3.16. The Morgan fingerprint density at radius 3 is 2.52 bits per heavy atom. The first-order valence-electron chi connectivity index (χ1n) is 9.70. The molecule has 8 heteroatoms. The highest BCUT2D eigenvalue weighted by Crippen LogP contribution is 2.36. The van der Waals surface area contributed by atoms with E-state index in [0.717, 1.165) is 24.2 Å². The molecule has 2 aromatic rings. The summed E-state index contributed by atoms with van der Waals surface area (Å²) < 4.78 is 11.0. The monoisotopic (exact) mass is 437 g/mol. The van der Waals surface area contributed by atoms with Crippen LogP contribution in [0, 0.1) is 0 Å². The predicted molar refractivity (Wildman–Crippen MR) is 115 cm³/mol. The standard InChI is InChI=1S/C21H25ClN2O4S/c1-4-27-21(26)19-17(15-5-7-16(22)8-6-15)12-29-20(19)23-18(25)11-24-9-13(2)28-14(3)10-24/h5-8,12-14H,4,9-11H2,1-3H3,(H,23,25)/p+1. The number of carbonyl (C=O) groups is 2. The van der Waals surface area contributed by atoms with E-state index in [1.807, 2.05) is 31.4 Å². The second-order valence-electron chi connectivity index (χ2n) is 7.22. The largest absolute Gasteiger partial charge is 0.462 e. The summed E-state index contributed by atoms with van der Waals surface area (Å²) in [7, 11) is 0. The number of quaternary nitrogens is 1. The molecule has 3 rings (SSSR count). The molecule has 0 saturated carbocycles. The highest BCUT2D eigenvalue weighted by atomic mass is 35.5. The summed E-state index contributed by atoms with van der Waals surface area (Å²) in [6.45, 7) is 7.94. The van der Waals surface area contributed by atoms with Crippen LogP contribution in [0.25, 0.3) is 11.1 Å². The molecule has 1 aliphatic heterocycles. The fourth-order valence-electron chi connectivity index (χ4n) is 3.63. The maximum atomic E-state index is 12.7. The maximum Gasteiger partial charge on any atom is 0.341 e. The molecular formula is C21H26ClN2O4S+. The second kappa shape index (κ2) is 9.71. The van der Waals surface area contributed by atoms with E-state index in [1.165, 1.54) is 16.2 Å². The summed E-state index contributed by atoms with van der Waals surface area (Å²) in [5.74, 6) is -0.577. The van der Waals surface area contributed by atoms with Gasteiger partial charge in [0.25, 0.3) is 5.91 Å². The average Bonchev–Trinajstić information content (AvgIpc) is 3.05. The van der Waals surface area contributed by atoms with E-state index in [9.17, 15) is 9.59 Å². The fraction of sp³-hybridized carbons (Fsp3) is 0.429. The second-order valence-corrected chi connectivity index (χ2v) is 8.54. The molecule has 1 aliphatic rings. The number of morpholine rings is 1. The number of hydrogen-bond acceptors (Lipinski definition) is 5. The lowest BCUT2D eigenvalue weighted by Gasteiger charge is -2.31. The van der Waals surface area contributed by atoms with E-state index < -0.39 is 5.97 Å². The zero-order chi connectivity index (χ0) is 21.0. The SMILES string of the molecule is CCOC(=O)c1c(-c2ccc(Cl)cc2)csc1NC(=O)C[NH+]1CC(C)OC(C)C1. The molecule has 6 nitrogen and oxygen atoms in total. The predicted octanol–water partition coefficient (Wildman–Crippen LogP) is 2.88. The topological polar surface area (TPSA) is 69.1 Å². The number of carbonyl (C=O) groups excluding carboxylic acids is 2. The van der Waals surface area contributed by atoms with Crippen molar-refractivity contribution in [3.05, 3.63) is 40.2 Å². The molecular weight excluding hydrogens is 412 g/mol. The molecule has 1 aromatic heterocycles. The van der Waals surface area contributed by atoms with Gasteiger partial charge in [0, 0.05) is 16.0 Å². The molecule has 0 bridgehead atoms. The Kier molecular flexibility index (Phi) is 7.29. The van der Waals surface area contributed by atoms with Gasteiger partial charge in [0.1, 0.15) is 35.9 Å². The molecule has 1 aromatic carbocycles. The Hall–Kier alpha value is -1.93. The lowest BCUT2D eigenvalue weighted by molar-refractivity contribution is -0.907. The van der Waals surface area contributed by atoms with Crippen molar-refractivity contribution in [3.63, 3.8) is 0 Å². The molecule has 0 radical (unpaired) electrons. The molecule has 29 heavy (non-hydrogen) atoms. The van der Waals surface area contributed by atoms with Crippen LogP contribution in [0.5, 0.6) is 0 Å². The van der Waals surface area contributed by atoms with Crippen LogP contribution in [-0.2, 0) is 14.3 Å². The third kappa shape index (κ3) is 5.57. The van der Waals surface area contributed by atoms with Crippen LogP contribution in [-0.4, -0.2) is 50.3 Å². The van der Waals surface area contributed by atoms with Crippen LogP contribution in [0.15, 0.2) is 29.6 Å². The molecule has 2 heterocycles. The smallest absolute Gasteiger partial charge is 0.341 e. The minimum atomic E-state index is -0.449. The molecule has 2 atom stereocenters. The van der Waals surface area contributed by atoms with E-state index in [1.54, 1.807) is 19.1 Å². The summed E-state index contributed by atoms with van der Waals surface area (Å²) in [6, 6.07) is 7.23. The number of halogens is 1. The highest BCUT2D eigenvalue weighted by Gasteiger charge is 2.28. The molecule has 156 valence electrons. The third-order valence-corrected chi connectivity index (χ3v) is 5.85. The Bertz CT molecular complexity index is 858. The highest BCUT2D eigenvalue weighted by molar-refractivity contribution is 7.15. The summed E-state index contributed by atoms with van der Waals surface area (Å²) in [5, 5.41) is 5.90. The van der Waals surface area contributed by atoms with Gasteiger partial charge in [-0.1, -0.05) is 23.7 Å². The number of nitrogens with one attached hydrogen (secondary N) is 2.